The van der Waals surface area contributed by atoms with Crippen LogP contribution in [0, 0.1) is 11.7 Å². The predicted molar refractivity (Wildman–Crippen MR) is 74.7 cm³/mol. The van der Waals surface area contributed by atoms with Crippen molar-refractivity contribution in [3.63, 3.8) is 0 Å². The number of hydrogen-bond acceptors (Lipinski definition) is 3. The molecule has 1 fully saturated rings. The average molecular weight is 280 g/mol. The third-order valence-electron chi connectivity index (χ3n) is 3.80. The molecular weight excluding hydrogens is 259 g/mol. The van der Waals surface area contributed by atoms with Crippen LogP contribution < -0.4 is 4.74 Å². The second kappa shape index (κ2) is 6.84. The lowest BCUT2D eigenvalue weighted by Crippen LogP contribution is -2.24. The van der Waals surface area contributed by atoms with E-state index >= 15 is 0 Å². The van der Waals surface area contributed by atoms with Crippen molar-refractivity contribution in [1.29, 1.82) is 0 Å². The third kappa shape index (κ3) is 3.79. The fourth-order valence-corrected chi connectivity index (χ4v) is 2.70. The summed E-state index contributed by atoms with van der Waals surface area (Å²) in [6, 6.07) is 3.94. The Balaban J connectivity index is 1.96. The van der Waals surface area contributed by atoms with Gasteiger partial charge in [0.05, 0.1) is 18.8 Å². The van der Waals surface area contributed by atoms with Crippen molar-refractivity contribution in [2.75, 3.05) is 13.7 Å². The maximum Gasteiger partial charge on any atom is 0.192 e. The summed E-state index contributed by atoms with van der Waals surface area (Å²) in [5.41, 5.74) is 0.247. The summed E-state index contributed by atoms with van der Waals surface area (Å²) < 4.78 is 24.0. The zero-order chi connectivity index (χ0) is 14.5. The maximum absolute atomic E-state index is 13.2. The van der Waals surface area contributed by atoms with Crippen molar-refractivity contribution in [3.8, 4) is 5.75 Å². The monoisotopic (exact) mass is 280 g/mol. The van der Waals surface area contributed by atoms with E-state index in [1.54, 1.807) is 0 Å². The maximum atomic E-state index is 13.2. The van der Waals surface area contributed by atoms with E-state index in [4.69, 9.17) is 9.47 Å². The van der Waals surface area contributed by atoms with E-state index in [9.17, 15) is 9.18 Å². The van der Waals surface area contributed by atoms with E-state index in [0.29, 0.717) is 11.7 Å². The molecule has 2 rings (SSSR count). The van der Waals surface area contributed by atoms with E-state index < -0.39 is 5.82 Å². The van der Waals surface area contributed by atoms with E-state index in [1.165, 1.54) is 31.7 Å². The van der Waals surface area contributed by atoms with Gasteiger partial charge in [-0.1, -0.05) is 19.8 Å². The molecule has 1 aliphatic rings. The summed E-state index contributed by atoms with van der Waals surface area (Å²) in [7, 11) is 1.47. The van der Waals surface area contributed by atoms with Crippen LogP contribution in [0.4, 0.5) is 4.39 Å². The number of benzene rings is 1. The highest BCUT2D eigenvalue weighted by Crippen LogP contribution is 2.26. The van der Waals surface area contributed by atoms with Crippen LogP contribution in [-0.2, 0) is 4.74 Å². The second-order valence-electron chi connectivity index (χ2n) is 5.47. The van der Waals surface area contributed by atoms with Crippen molar-refractivity contribution in [1.82, 2.24) is 0 Å². The molecule has 2 atom stereocenters. The Morgan fingerprint density at radius 1 is 1.40 bits per heavy atom. The molecule has 4 heteroatoms. The molecule has 3 nitrogen and oxygen atoms in total. The minimum atomic E-state index is -0.444. The zero-order valence-electron chi connectivity index (χ0n) is 12.0. The molecule has 1 saturated carbocycles. The lowest BCUT2D eigenvalue weighted by molar-refractivity contribution is 0.0181. The van der Waals surface area contributed by atoms with Crippen LogP contribution in [-0.4, -0.2) is 25.6 Å². The number of ether oxygens (including phenoxy) is 2. The minimum absolute atomic E-state index is 0.0167. The van der Waals surface area contributed by atoms with Gasteiger partial charge in [-0.3, -0.25) is 4.79 Å². The van der Waals surface area contributed by atoms with Crippen LogP contribution in [0.15, 0.2) is 18.2 Å². The zero-order valence-corrected chi connectivity index (χ0v) is 12.0. The van der Waals surface area contributed by atoms with Gasteiger partial charge >= 0.3 is 0 Å². The Morgan fingerprint density at radius 2 is 2.20 bits per heavy atom. The lowest BCUT2D eigenvalue weighted by atomic mass is 9.89. The minimum Gasteiger partial charge on any atom is -0.496 e. The summed E-state index contributed by atoms with van der Waals surface area (Å²) in [6.07, 6.45) is 4.50. The molecule has 1 aromatic rings. The number of hydrogen-bond donors (Lipinski definition) is 0. The van der Waals surface area contributed by atoms with Crippen molar-refractivity contribution < 1.29 is 18.7 Å². The van der Waals surface area contributed by atoms with E-state index in [0.717, 1.165) is 19.3 Å². The molecule has 110 valence electrons. The fraction of sp³-hybridized carbons (Fsp3) is 0.562. The average Bonchev–Trinajstić information content (AvgIpc) is 2.45. The highest BCUT2D eigenvalue weighted by molar-refractivity contribution is 5.99. The number of Topliss-reactive ketones (excluding diaryl/α,β-unsaturated/α-hetero) is 1. The van der Waals surface area contributed by atoms with E-state index in [1.807, 2.05) is 0 Å². The Hall–Kier alpha value is -1.42. The molecule has 0 heterocycles. The van der Waals surface area contributed by atoms with Crippen LogP contribution >= 0.6 is 0 Å². The van der Waals surface area contributed by atoms with Crippen molar-refractivity contribution in [2.45, 2.75) is 38.7 Å². The van der Waals surface area contributed by atoms with Gasteiger partial charge < -0.3 is 9.47 Å². The molecule has 0 aromatic heterocycles. The highest BCUT2D eigenvalue weighted by atomic mass is 19.1. The summed E-state index contributed by atoms with van der Waals surface area (Å²) in [5.74, 6) is 0.351. The van der Waals surface area contributed by atoms with Gasteiger partial charge in [-0.05, 0) is 37.0 Å². The molecule has 0 bridgehead atoms. The smallest absolute Gasteiger partial charge is 0.192 e. The van der Waals surface area contributed by atoms with Gasteiger partial charge in [-0.2, -0.15) is 0 Å². The first-order valence-corrected chi connectivity index (χ1v) is 7.08. The van der Waals surface area contributed by atoms with E-state index in [-0.39, 0.29) is 24.1 Å². The largest absolute Gasteiger partial charge is 0.496 e. The predicted octanol–water partition coefficient (Wildman–Crippen LogP) is 3.61. The topological polar surface area (TPSA) is 35.5 Å². The quantitative estimate of drug-likeness (QED) is 0.773. The Bertz CT molecular complexity index is 473. The Labute approximate surface area is 119 Å². The van der Waals surface area contributed by atoms with Gasteiger partial charge in [0, 0.05) is 0 Å². The van der Waals surface area contributed by atoms with Gasteiger partial charge in [0.15, 0.2) is 5.78 Å². The molecule has 0 saturated heterocycles. The molecule has 0 amide bonds. The van der Waals surface area contributed by atoms with Crippen LogP contribution in [0.3, 0.4) is 0 Å². The van der Waals surface area contributed by atoms with Crippen LogP contribution in [0.25, 0.3) is 0 Å². The first-order valence-electron chi connectivity index (χ1n) is 7.08. The van der Waals surface area contributed by atoms with Gasteiger partial charge in [0.2, 0.25) is 0 Å². The Morgan fingerprint density at radius 3 is 2.90 bits per heavy atom. The Kier molecular flexibility index (Phi) is 5.12. The second-order valence-corrected chi connectivity index (χ2v) is 5.47. The number of halogens is 1. The molecule has 1 aliphatic carbocycles. The number of carbonyl (C=O) groups is 1. The van der Waals surface area contributed by atoms with Gasteiger partial charge in [-0.15, -0.1) is 0 Å². The summed E-state index contributed by atoms with van der Waals surface area (Å²) >= 11 is 0. The third-order valence-corrected chi connectivity index (χ3v) is 3.80. The molecule has 0 radical (unpaired) electrons. The van der Waals surface area contributed by atoms with Crippen LogP contribution in [0.2, 0.25) is 0 Å². The van der Waals surface area contributed by atoms with Crippen LogP contribution in [0.5, 0.6) is 5.75 Å². The molecule has 0 N–H and O–H groups in total. The van der Waals surface area contributed by atoms with Crippen molar-refractivity contribution >= 4 is 5.78 Å². The summed E-state index contributed by atoms with van der Waals surface area (Å²) in [4.78, 5) is 12.1. The lowest BCUT2D eigenvalue weighted by Gasteiger charge is -2.26. The first-order chi connectivity index (χ1) is 9.60. The fourth-order valence-electron chi connectivity index (χ4n) is 2.70. The molecular formula is C16H21FO3. The molecule has 0 aliphatic heterocycles. The van der Waals surface area contributed by atoms with Gasteiger partial charge in [0.25, 0.3) is 0 Å². The van der Waals surface area contributed by atoms with Gasteiger partial charge in [0.1, 0.15) is 18.2 Å². The summed E-state index contributed by atoms with van der Waals surface area (Å²) in [5, 5.41) is 0. The normalized spacial score (nSPS) is 22.6. The van der Waals surface area contributed by atoms with Gasteiger partial charge in [-0.25, -0.2) is 4.39 Å². The molecule has 20 heavy (non-hydrogen) atoms. The molecule has 2 unspecified atom stereocenters. The molecule has 1 aromatic carbocycles. The van der Waals surface area contributed by atoms with E-state index in [2.05, 4.69) is 6.92 Å². The van der Waals surface area contributed by atoms with Crippen molar-refractivity contribution in [2.24, 2.45) is 5.92 Å². The molecule has 0 spiro atoms. The first kappa shape index (κ1) is 15.0. The van der Waals surface area contributed by atoms with Crippen molar-refractivity contribution in [3.05, 3.63) is 29.6 Å². The number of rotatable bonds is 5. The highest BCUT2D eigenvalue weighted by Gasteiger charge is 2.21. The van der Waals surface area contributed by atoms with Crippen LogP contribution in [0.1, 0.15) is 43.0 Å². The number of carbonyl (C=O) groups excluding carboxylic acids is 1. The number of methoxy groups -OCH3 is 1. The number of ketones is 1. The summed E-state index contributed by atoms with van der Waals surface area (Å²) in [6.45, 7) is 2.18. The standard InChI is InChI=1S/C16H21FO3/c1-11-4-3-5-13(8-11)20-10-15(18)14-9-12(17)6-7-16(14)19-2/h6-7,9,11,13H,3-5,8,10H2,1-2H3. The SMILES string of the molecule is COc1ccc(F)cc1C(=O)COC1CCCC(C)C1.